The Balaban J connectivity index is 2.27. The Bertz CT molecular complexity index is 515. The first-order chi connectivity index (χ1) is 10.6. The van der Waals surface area contributed by atoms with Crippen LogP contribution in [0.1, 0.15) is 20.8 Å². The second-order valence-electron chi connectivity index (χ2n) is 8.81. The third kappa shape index (κ3) is 3.59. The molecule has 0 radical (unpaired) electrons. The van der Waals surface area contributed by atoms with Gasteiger partial charge in [-0.05, 0) is 48.0 Å². The lowest BCUT2D eigenvalue weighted by Gasteiger charge is -2.39. The van der Waals surface area contributed by atoms with Gasteiger partial charge in [0.1, 0.15) is 8.24 Å². The van der Waals surface area contributed by atoms with Crippen molar-refractivity contribution in [3.05, 3.63) is 30.3 Å². The second-order valence-corrected chi connectivity index (χ2v) is 17.8. The summed E-state index contributed by atoms with van der Waals surface area (Å²) < 4.78 is 0. The van der Waals surface area contributed by atoms with Crippen molar-refractivity contribution in [3.63, 3.8) is 0 Å². The number of para-hydroxylation sites is 1. The van der Waals surface area contributed by atoms with Crippen LogP contribution < -0.4 is 9.96 Å². The Morgan fingerprint density at radius 1 is 0.739 bits per heavy atom. The zero-order valence-corrected chi connectivity index (χ0v) is 18.3. The highest BCUT2D eigenvalue weighted by molar-refractivity contribution is 6.82. The average molecular weight is 349 g/mol. The van der Waals surface area contributed by atoms with E-state index < -0.39 is 16.5 Å². The van der Waals surface area contributed by atoms with Crippen LogP contribution in [0, 0.1) is 17.8 Å². The maximum atomic E-state index is 3.97. The number of hydrogen-bond acceptors (Lipinski definition) is 2. The maximum Gasteiger partial charge on any atom is 0.151 e. The summed E-state index contributed by atoms with van der Waals surface area (Å²) in [6, 6.07) is 10.8. The Morgan fingerprint density at radius 2 is 1.22 bits per heavy atom. The van der Waals surface area contributed by atoms with Crippen molar-refractivity contribution in [1.82, 2.24) is 4.98 Å². The van der Waals surface area contributed by atoms with Gasteiger partial charge in [-0.3, -0.25) is 0 Å². The molecule has 0 spiro atoms. The molecule has 5 unspecified atom stereocenters. The highest BCUT2D eigenvalue weighted by atomic mass is 28.3. The third-order valence-electron chi connectivity index (χ3n) is 6.65. The van der Waals surface area contributed by atoms with Gasteiger partial charge in [0, 0.05) is 5.69 Å². The Morgan fingerprint density at radius 3 is 1.70 bits per heavy atom. The number of hydrogen-bond donors (Lipinski definition) is 2. The van der Waals surface area contributed by atoms with Crippen molar-refractivity contribution < 1.29 is 0 Å². The van der Waals surface area contributed by atoms with Gasteiger partial charge < -0.3 is 9.96 Å². The lowest BCUT2D eigenvalue weighted by molar-refractivity contribution is 0.445. The Kier molecular flexibility index (Phi) is 5.49. The largest absolute Gasteiger partial charge is 0.410 e. The minimum Gasteiger partial charge on any atom is -0.410 e. The van der Waals surface area contributed by atoms with E-state index >= 15 is 0 Å². The fourth-order valence-corrected chi connectivity index (χ4v) is 13.5. The molecule has 0 amide bonds. The van der Waals surface area contributed by atoms with E-state index in [2.05, 4.69) is 94.3 Å². The van der Waals surface area contributed by atoms with Crippen molar-refractivity contribution >= 4 is 22.2 Å². The van der Waals surface area contributed by atoms with Crippen LogP contribution in [-0.2, 0) is 0 Å². The van der Waals surface area contributed by atoms with Gasteiger partial charge in [0.05, 0.1) is 0 Å². The lowest BCUT2D eigenvalue weighted by Crippen LogP contribution is -2.50. The van der Waals surface area contributed by atoms with Gasteiger partial charge in [0.25, 0.3) is 0 Å². The first-order valence-corrected chi connectivity index (χ1v) is 15.3. The van der Waals surface area contributed by atoms with Gasteiger partial charge >= 0.3 is 0 Å². The summed E-state index contributed by atoms with van der Waals surface area (Å²) in [6.45, 7) is 17.6. The standard InChI is InChI=1S/C19H36N2Si2/c1-14-15(2)19(16(3)18(14)22(5,6)20-4)23(7,8)21-17-12-10-9-11-13-17/h9-16,18-21H,1-8H3. The fourth-order valence-electron chi connectivity index (χ4n) is 5.61. The minimum atomic E-state index is -1.57. The molecule has 0 heterocycles. The van der Waals surface area contributed by atoms with Gasteiger partial charge in [-0.25, -0.2) is 0 Å². The van der Waals surface area contributed by atoms with Crippen LogP contribution in [0.4, 0.5) is 5.69 Å². The number of anilines is 1. The monoisotopic (exact) mass is 348 g/mol. The van der Waals surface area contributed by atoms with E-state index in [4.69, 9.17) is 0 Å². The van der Waals surface area contributed by atoms with Crippen LogP contribution in [0.2, 0.25) is 37.3 Å². The van der Waals surface area contributed by atoms with Crippen LogP contribution in [0.3, 0.4) is 0 Å². The molecule has 5 atom stereocenters. The molecule has 1 aliphatic carbocycles. The highest BCUT2D eigenvalue weighted by Gasteiger charge is 2.55. The van der Waals surface area contributed by atoms with Gasteiger partial charge in [-0.15, -0.1) is 0 Å². The molecular weight excluding hydrogens is 312 g/mol. The topological polar surface area (TPSA) is 24.1 Å². The van der Waals surface area contributed by atoms with Crippen LogP contribution in [-0.4, -0.2) is 23.5 Å². The highest BCUT2D eigenvalue weighted by Crippen LogP contribution is 2.59. The van der Waals surface area contributed by atoms with Crippen molar-refractivity contribution in [2.24, 2.45) is 17.8 Å². The summed E-state index contributed by atoms with van der Waals surface area (Å²) in [7, 11) is -0.773. The average Bonchev–Trinajstić information content (AvgIpc) is 2.70. The lowest BCUT2D eigenvalue weighted by atomic mass is 10.0. The van der Waals surface area contributed by atoms with E-state index in [9.17, 15) is 0 Å². The summed E-state index contributed by atoms with van der Waals surface area (Å²) in [5.74, 6) is 2.41. The third-order valence-corrected chi connectivity index (χ3v) is 14.3. The number of benzene rings is 1. The molecule has 0 aromatic heterocycles. The molecular formula is C19H36N2Si2. The molecule has 1 aromatic carbocycles. The maximum absolute atomic E-state index is 3.97. The molecule has 1 saturated carbocycles. The molecule has 2 rings (SSSR count). The van der Waals surface area contributed by atoms with E-state index in [0.29, 0.717) is 0 Å². The predicted octanol–water partition coefficient (Wildman–Crippen LogP) is 5.39. The van der Waals surface area contributed by atoms with Gasteiger partial charge in [-0.1, -0.05) is 65.2 Å². The molecule has 1 aromatic rings. The van der Waals surface area contributed by atoms with E-state index in [0.717, 1.165) is 28.8 Å². The first-order valence-electron chi connectivity index (χ1n) is 9.14. The molecule has 2 N–H and O–H groups in total. The van der Waals surface area contributed by atoms with Gasteiger partial charge in [0.15, 0.2) is 8.24 Å². The first kappa shape index (κ1) is 18.7. The van der Waals surface area contributed by atoms with Crippen molar-refractivity contribution in [2.75, 3.05) is 12.0 Å². The summed E-state index contributed by atoms with van der Waals surface area (Å²) >= 11 is 0. The molecule has 1 fully saturated rings. The molecule has 1 aliphatic rings. The van der Waals surface area contributed by atoms with Gasteiger partial charge in [-0.2, -0.15) is 0 Å². The van der Waals surface area contributed by atoms with Crippen LogP contribution in [0.25, 0.3) is 0 Å². The number of rotatable bonds is 5. The molecule has 0 aliphatic heterocycles. The number of nitrogens with one attached hydrogen (secondary N) is 2. The molecule has 4 heteroatoms. The van der Waals surface area contributed by atoms with Crippen molar-refractivity contribution in [2.45, 2.75) is 58.0 Å². The Labute approximate surface area is 145 Å². The smallest absolute Gasteiger partial charge is 0.151 e. The predicted molar refractivity (Wildman–Crippen MR) is 109 cm³/mol. The molecule has 23 heavy (non-hydrogen) atoms. The zero-order chi connectivity index (χ0) is 17.4. The molecule has 2 nitrogen and oxygen atoms in total. The summed E-state index contributed by atoms with van der Waals surface area (Å²) in [4.78, 5) is 7.69. The molecule has 130 valence electrons. The quantitative estimate of drug-likeness (QED) is 0.697. The van der Waals surface area contributed by atoms with Crippen LogP contribution in [0.5, 0.6) is 0 Å². The van der Waals surface area contributed by atoms with E-state index in [1.807, 2.05) is 0 Å². The summed E-state index contributed by atoms with van der Waals surface area (Å²) in [5, 5.41) is 0. The summed E-state index contributed by atoms with van der Waals surface area (Å²) in [6.07, 6.45) is 0. The normalized spacial score (nSPS) is 32.1. The zero-order valence-electron chi connectivity index (χ0n) is 16.3. The van der Waals surface area contributed by atoms with Gasteiger partial charge in [0.2, 0.25) is 0 Å². The Hall–Kier alpha value is -0.586. The summed E-state index contributed by atoms with van der Waals surface area (Å²) in [5.41, 5.74) is 2.98. The van der Waals surface area contributed by atoms with Crippen molar-refractivity contribution in [3.8, 4) is 0 Å². The van der Waals surface area contributed by atoms with E-state index in [1.165, 1.54) is 5.69 Å². The van der Waals surface area contributed by atoms with Crippen LogP contribution in [0.15, 0.2) is 30.3 Å². The molecule has 0 saturated heterocycles. The SMILES string of the molecule is CN[Si](C)(C)C1C(C)C(C)C([Si](C)(C)Nc2ccccc2)C1C. The van der Waals surface area contributed by atoms with E-state index in [1.54, 1.807) is 0 Å². The fraction of sp³-hybridized carbons (Fsp3) is 0.684. The van der Waals surface area contributed by atoms with E-state index in [-0.39, 0.29) is 0 Å². The minimum absolute atomic E-state index is 0.798. The molecule has 0 bridgehead atoms. The van der Waals surface area contributed by atoms with Crippen molar-refractivity contribution in [1.29, 1.82) is 0 Å². The second kappa shape index (κ2) is 6.73. The van der Waals surface area contributed by atoms with Crippen LogP contribution >= 0.6 is 0 Å².